The topological polar surface area (TPSA) is 71.3 Å². The standard InChI is InChI=1S/C11H15NO4/c1-15-11(16-2)9(12-14)10(13)8-6-4-3-5-7-8/h3-7,10-11,13-14H,1-2H3/b12-9-. The third-order valence-electron chi connectivity index (χ3n) is 2.18. The highest BCUT2D eigenvalue weighted by Crippen LogP contribution is 2.17. The van der Waals surface area contributed by atoms with Gasteiger partial charge in [-0.05, 0) is 5.56 Å². The third kappa shape index (κ3) is 2.79. The van der Waals surface area contributed by atoms with Crippen LogP contribution in [0.2, 0.25) is 0 Å². The van der Waals surface area contributed by atoms with Crippen LogP contribution in [0.5, 0.6) is 0 Å². The van der Waals surface area contributed by atoms with Gasteiger partial charge in [0.15, 0.2) is 0 Å². The van der Waals surface area contributed by atoms with E-state index < -0.39 is 12.4 Å². The molecular formula is C11H15NO4. The zero-order chi connectivity index (χ0) is 12.0. The lowest BCUT2D eigenvalue weighted by Gasteiger charge is -2.19. The summed E-state index contributed by atoms with van der Waals surface area (Å²) < 4.78 is 9.84. The molecule has 0 radical (unpaired) electrons. The summed E-state index contributed by atoms with van der Waals surface area (Å²) in [6.07, 6.45) is -1.93. The van der Waals surface area contributed by atoms with E-state index in [1.165, 1.54) is 14.2 Å². The Kier molecular flexibility index (Phi) is 4.91. The maximum Gasteiger partial charge on any atom is 0.202 e. The number of hydrogen-bond acceptors (Lipinski definition) is 5. The number of aliphatic hydroxyl groups is 1. The molecule has 5 heteroatoms. The molecule has 0 spiro atoms. The summed E-state index contributed by atoms with van der Waals surface area (Å²) in [4.78, 5) is 0. The van der Waals surface area contributed by atoms with E-state index in [2.05, 4.69) is 5.16 Å². The smallest absolute Gasteiger partial charge is 0.202 e. The van der Waals surface area contributed by atoms with E-state index in [1.54, 1.807) is 24.3 Å². The quantitative estimate of drug-likeness (QED) is 0.341. The zero-order valence-corrected chi connectivity index (χ0v) is 9.20. The van der Waals surface area contributed by atoms with Crippen LogP contribution in [0, 0.1) is 0 Å². The molecule has 0 fully saturated rings. The normalized spacial score (nSPS) is 14.1. The Hall–Kier alpha value is -1.43. The molecule has 1 rings (SSSR count). The molecule has 0 saturated carbocycles. The molecule has 0 aliphatic carbocycles. The number of aliphatic hydroxyl groups excluding tert-OH is 1. The molecule has 0 aliphatic rings. The van der Waals surface area contributed by atoms with Crippen molar-refractivity contribution in [1.29, 1.82) is 0 Å². The molecule has 1 aromatic carbocycles. The van der Waals surface area contributed by atoms with Gasteiger partial charge in [-0.25, -0.2) is 0 Å². The maximum atomic E-state index is 9.96. The van der Waals surface area contributed by atoms with Gasteiger partial charge in [0.25, 0.3) is 0 Å². The van der Waals surface area contributed by atoms with Crippen LogP contribution < -0.4 is 0 Å². The number of methoxy groups -OCH3 is 2. The predicted octanol–water partition coefficient (Wildman–Crippen LogP) is 1.17. The SMILES string of the molecule is COC(OC)/C(=N\O)C(O)c1ccccc1. The first-order valence-corrected chi connectivity index (χ1v) is 4.75. The van der Waals surface area contributed by atoms with Gasteiger partial charge in [-0.3, -0.25) is 0 Å². The maximum absolute atomic E-state index is 9.96. The molecular weight excluding hydrogens is 210 g/mol. The second-order valence-corrected chi connectivity index (χ2v) is 3.14. The Morgan fingerprint density at radius 3 is 2.19 bits per heavy atom. The Labute approximate surface area is 93.9 Å². The zero-order valence-electron chi connectivity index (χ0n) is 9.20. The van der Waals surface area contributed by atoms with Gasteiger partial charge in [-0.1, -0.05) is 35.5 Å². The van der Waals surface area contributed by atoms with Gasteiger partial charge >= 0.3 is 0 Å². The number of nitrogens with zero attached hydrogens (tertiary/aromatic N) is 1. The van der Waals surface area contributed by atoms with Crippen molar-refractivity contribution in [3.05, 3.63) is 35.9 Å². The van der Waals surface area contributed by atoms with E-state index in [1.807, 2.05) is 6.07 Å². The number of ether oxygens (including phenoxy) is 2. The van der Waals surface area contributed by atoms with Gasteiger partial charge in [0.05, 0.1) is 0 Å². The van der Waals surface area contributed by atoms with Crippen molar-refractivity contribution in [2.45, 2.75) is 12.4 Å². The first-order valence-electron chi connectivity index (χ1n) is 4.75. The molecule has 1 unspecified atom stereocenters. The van der Waals surface area contributed by atoms with Crippen molar-refractivity contribution in [3.8, 4) is 0 Å². The van der Waals surface area contributed by atoms with E-state index in [0.717, 1.165) is 0 Å². The molecule has 0 saturated heterocycles. The fourth-order valence-corrected chi connectivity index (χ4v) is 1.37. The summed E-state index contributed by atoms with van der Waals surface area (Å²) in [5.74, 6) is 0. The fourth-order valence-electron chi connectivity index (χ4n) is 1.37. The minimum Gasteiger partial charge on any atom is -0.411 e. The van der Waals surface area contributed by atoms with Crippen LogP contribution >= 0.6 is 0 Å². The van der Waals surface area contributed by atoms with Gasteiger partial charge in [-0.2, -0.15) is 0 Å². The lowest BCUT2D eigenvalue weighted by molar-refractivity contribution is -0.0594. The Bertz CT molecular complexity index is 335. The van der Waals surface area contributed by atoms with Crippen molar-refractivity contribution in [2.75, 3.05) is 14.2 Å². The second-order valence-electron chi connectivity index (χ2n) is 3.14. The monoisotopic (exact) mass is 225 g/mol. The summed E-state index contributed by atoms with van der Waals surface area (Å²) in [6.45, 7) is 0. The highest BCUT2D eigenvalue weighted by molar-refractivity contribution is 5.91. The summed E-state index contributed by atoms with van der Waals surface area (Å²) >= 11 is 0. The molecule has 0 aromatic heterocycles. The molecule has 2 N–H and O–H groups in total. The average molecular weight is 225 g/mol. The van der Waals surface area contributed by atoms with E-state index in [-0.39, 0.29) is 5.71 Å². The summed E-state index contributed by atoms with van der Waals surface area (Å²) in [6, 6.07) is 8.83. The Morgan fingerprint density at radius 2 is 1.75 bits per heavy atom. The van der Waals surface area contributed by atoms with E-state index >= 15 is 0 Å². The van der Waals surface area contributed by atoms with Crippen LogP contribution in [0.15, 0.2) is 35.5 Å². The van der Waals surface area contributed by atoms with Crippen LogP contribution in [0.4, 0.5) is 0 Å². The molecule has 0 bridgehead atoms. The summed E-state index contributed by atoms with van der Waals surface area (Å²) in [5.41, 5.74) is 0.616. The predicted molar refractivity (Wildman–Crippen MR) is 58.4 cm³/mol. The summed E-state index contributed by atoms with van der Waals surface area (Å²) in [7, 11) is 2.80. The Balaban J connectivity index is 2.90. The van der Waals surface area contributed by atoms with Gasteiger partial charge in [0.2, 0.25) is 6.29 Å². The minimum atomic E-state index is -1.06. The molecule has 0 amide bonds. The van der Waals surface area contributed by atoms with E-state index in [9.17, 15) is 5.11 Å². The van der Waals surface area contributed by atoms with Crippen molar-refractivity contribution in [2.24, 2.45) is 5.16 Å². The number of hydrogen-bond donors (Lipinski definition) is 2. The number of oxime groups is 1. The van der Waals surface area contributed by atoms with Gasteiger partial charge < -0.3 is 19.8 Å². The van der Waals surface area contributed by atoms with Crippen molar-refractivity contribution < 1.29 is 19.8 Å². The van der Waals surface area contributed by atoms with Crippen molar-refractivity contribution in [3.63, 3.8) is 0 Å². The molecule has 5 nitrogen and oxygen atoms in total. The molecule has 0 aliphatic heterocycles. The first kappa shape index (κ1) is 12.6. The van der Waals surface area contributed by atoms with Crippen LogP contribution in [-0.2, 0) is 9.47 Å². The average Bonchev–Trinajstić information content (AvgIpc) is 2.36. The van der Waals surface area contributed by atoms with E-state index in [4.69, 9.17) is 14.7 Å². The highest BCUT2D eigenvalue weighted by atomic mass is 16.7. The van der Waals surface area contributed by atoms with Crippen LogP contribution in [0.3, 0.4) is 0 Å². The lowest BCUT2D eigenvalue weighted by Crippen LogP contribution is -2.30. The first-order chi connectivity index (χ1) is 7.74. The lowest BCUT2D eigenvalue weighted by atomic mass is 10.0. The Morgan fingerprint density at radius 1 is 1.19 bits per heavy atom. The molecule has 88 valence electrons. The third-order valence-corrected chi connectivity index (χ3v) is 2.18. The largest absolute Gasteiger partial charge is 0.411 e. The minimum absolute atomic E-state index is 0.0104. The van der Waals surface area contributed by atoms with Crippen molar-refractivity contribution >= 4 is 5.71 Å². The van der Waals surface area contributed by atoms with Crippen LogP contribution in [0.25, 0.3) is 0 Å². The van der Waals surface area contributed by atoms with Crippen molar-refractivity contribution in [1.82, 2.24) is 0 Å². The summed E-state index contributed by atoms with van der Waals surface area (Å²) in [5, 5.41) is 21.8. The molecule has 1 atom stereocenters. The van der Waals surface area contributed by atoms with Gasteiger partial charge in [0.1, 0.15) is 11.8 Å². The van der Waals surface area contributed by atoms with E-state index in [0.29, 0.717) is 5.56 Å². The fraction of sp³-hybridized carbons (Fsp3) is 0.364. The number of rotatable bonds is 5. The van der Waals surface area contributed by atoms with Gasteiger partial charge in [-0.15, -0.1) is 0 Å². The number of benzene rings is 1. The van der Waals surface area contributed by atoms with Gasteiger partial charge in [0, 0.05) is 14.2 Å². The molecule has 1 aromatic rings. The molecule has 0 heterocycles. The van der Waals surface area contributed by atoms with Crippen LogP contribution in [0.1, 0.15) is 11.7 Å². The highest BCUT2D eigenvalue weighted by Gasteiger charge is 2.24. The second kappa shape index (κ2) is 6.22. The van der Waals surface area contributed by atoms with Crippen LogP contribution in [-0.4, -0.2) is 36.5 Å². The molecule has 16 heavy (non-hydrogen) atoms.